The molecule has 21 heavy (non-hydrogen) atoms. The molecule has 0 spiro atoms. The van der Waals surface area contributed by atoms with Gasteiger partial charge in [0.2, 0.25) is 11.8 Å². The van der Waals surface area contributed by atoms with E-state index in [1.165, 1.54) is 0 Å². The van der Waals surface area contributed by atoms with Crippen molar-refractivity contribution in [1.29, 1.82) is 0 Å². The third-order valence-corrected chi connectivity index (χ3v) is 4.15. The maximum absolute atomic E-state index is 11.9. The van der Waals surface area contributed by atoms with Crippen LogP contribution in [0, 0.1) is 17.8 Å². The molecule has 1 aromatic rings. The van der Waals surface area contributed by atoms with Crippen LogP contribution in [0.3, 0.4) is 0 Å². The number of carbonyl (C=O) groups excluding carboxylic acids is 2. The van der Waals surface area contributed by atoms with Crippen LogP contribution in [-0.4, -0.2) is 17.5 Å². The van der Waals surface area contributed by atoms with Gasteiger partial charge in [0.25, 0.3) is 0 Å². The van der Waals surface area contributed by atoms with Crippen molar-refractivity contribution < 1.29 is 9.59 Å². The van der Waals surface area contributed by atoms with Crippen molar-refractivity contribution in [3.63, 3.8) is 0 Å². The molecule has 0 bridgehead atoms. The highest BCUT2D eigenvalue weighted by Crippen LogP contribution is 2.38. The minimum Gasteiger partial charge on any atom is -0.326 e. The molecule has 1 heterocycles. The number of benzene rings is 1. The lowest BCUT2D eigenvalue weighted by atomic mass is 9.94. The fourth-order valence-electron chi connectivity index (χ4n) is 2.65. The van der Waals surface area contributed by atoms with Gasteiger partial charge in [0.1, 0.15) is 0 Å². The Balaban J connectivity index is 1.69. The number of hydrogen-bond donors (Lipinski definition) is 2. The van der Waals surface area contributed by atoms with Crippen LogP contribution in [0.1, 0.15) is 32.3 Å². The fourth-order valence-corrected chi connectivity index (χ4v) is 2.65. The van der Waals surface area contributed by atoms with Crippen LogP contribution < -0.4 is 10.7 Å². The third-order valence-electron chi connectivity index (χ3n) is 4.15. The maximum atomic E-state index is 11.9. The average Bonchev–Trinajstić information content (AvgIpc) is 3.17. The highest BCUT2D eigenvalue weighted by molar-refractivity contribution is 6.06. The lowest BCUT2D eigenvalue weighted by Gasteiger charge is -2.19. The van der Waals surface area contributed by atoms with Crippen molar-refractivity contribution in [1.82, 2.24) is 5.43 Å². The Labute approximate surface area is 123 Å². The van der Waals surface area contributed by atoms with Gasteiger partial charge < -0.3 is 5.32 Å². The molecule has 1 aromatic carbocycles. The van der Waals surface area contributed by atoms with Gasteiger partial charge in [-0.2, -0.15) is 5.10 Å². The first-order valence-corrected chi connectivity index (χ1v) is 7.32. The second-order valence-electron chi connectivity index (χ2n) is 6.02. The van der Waals surface area contributed by atoms with Gasteiger partial charge in [-0.05, 0) is 30.0 Å². The van der Waals surface area contributed by atoms with Crippen LogP contribution in [0.4, 0.5) is 5.69 Å². The molecule has 1 saturated carbocycles. The van der Waals surface area contributed by atoms with Gasteiger partial charge in [-0.1, -0.05) is 26.0 Å². The van der Waals surface area contributed by atoms with Gasteiger partial charge in [-0.3, -0.25) is 9.59 Å². The van der Waals surface area contributed by atoms with E-state index in [0.29, 0.717) is 12.3 Å². The zero-order chi connectivity index (χ0) is 15.0. The summed E-state index contributed by atoms with van der Waals surface area (Å²) in [6.07, 6.45) is 1.44. The highest BCUT2D eigenvalue weighted by atomic mass is 16.2. The predicted octanol–water partition coefficient (Wildman–Crippen LogP) is 2.14. The number of carbonyl (C=O) groups is 2. The van der Waals surface area contributed by atoms with E-state index in [0.717, 1.165) is 23.4 Å². The predicted molar refractivity (Wildman–Crippen MR) is 80.8 cm³/mol. The van der Waals surface area contributed by atoms with Crippen molar-refractivity contribution in [2.75, 3.05) is 5.32 Å². The van der Waals surface area contributed by atoms with Gasteiger partial charge in [-0.25, -0.2) is 5.43 Å². The summed E-state index contributed by atoms with van der Waals surface area (Å²) in [6, 6.07) is 7.62. The average molecular weight is 285 g/mol. The van der Waals surface area contributed by atoms with Crippen molar-refractivity contribution in [3.05, 3.63) is 29.8 Å². The molecule has 5 heteroatoms. The molecule has 1 fully saturated rings. The fraction of sp³-hybridized carbons (Fsp3) is 0.438. The quantitative estimate of drug-likeness (QED) is 0.893. The van der Waals surface area contributed by atoms with Gasteiger partial charge >= 0.3 is 0 Å². The summed E-state index contributed by atoms with van der Waals surface area (Å²) in [4.78, 5) is 23.1. The minimum atomic E-state index is -0.0475. The van der Waals surface area contributed by atoms with E-state index in [9.17, 15) is 9.59 Å². The van der Waals surface area contributed by atoms with Gasteiger partial charge in [0, 0.05) is 23.9 Å². The highest BCUT2D eigenvalue weighted by Gasteiger charge is 2.39. The van der Waals surface area contributed by atoms with E-state index in [2.05, 4.69) is 22.8 Å². The zero-order valence-electron chi connectivity index (χ0n) is 12.2. The number of amides is 2. The Morgan fingerprint density at radius 2 is 1.95 bits per heavy atom. The molecule has 1 unspecified atom stereocenters. The second kappa shape index (κ2) is 5.31. The molecule has 3 atom stereocenters. The van der Waals surface area contributed by atoms with Crippen molar-refractivity contribution in [3.8, 4) is 0 Å². The van der Waals surface area contributed by atoms with Crippen LogP contribution >= 0.6 is 0 Å². The molecular weight excluding hydrogens is 266 g/mol. The number of nitrogens with one attached hydrogen (secondary N) is 2. The van der Waals surface area contributed by atoms with Gasteiger partial charge in [0.15, 0.2) is 0 Å². The zero-order valence-corrected chi connectivity index (χ0v) is 12.2. The number of nitrogens with zero attached hydrogens (tertiary/aromatic N) is 1. The third kappa shape index (κ3) is 2.96. The molecule has 1 aliphatic heterocycles. The van der Waals surface area contributed by atoms with E-state index >= 15 is 0 Å². The van der Waals surface area contributed by atoms with E-state index in [1.54, 1.807) is 0 Å². The minimum absolute atomic E-state index is 0.0475. The SMILES string of the molecule is CC1CC(=O)NN=C1c1ccc(NC(=O)[C@@H]2C[C@H]2C)cc1. The monoisotopic (exact) mass is 285 g/mol. The van der Waals surface area contributed by atoms with Crippen molar-refractivity contribution >= 4 is 23.2 Å². The first-order chi connectivity index (χ1) is 10.0. The number of hydrogen-bond acceptors (Lipinski definition) is 3. The number of rotatable bonds is 3. The lowest BCUT2D eigenvalue weighted by molar-refractivity contribution is -0.122. The lowest BCUT2D eigenvalue weighted by Crippen LogP contribution is -2.31. The Bertz CT molecular complexity index is 606. The normalized spacial score (nSPS) is 27.6. The topological polar surface area (TPSA) is 70.6 Å². The summed E-state index contributed by atoms with van der Waals surface area (Å²) in [6.45, 7) is 4.08. The first-order valence-electron chi connectivity index (χ1n) is 7.32. The molecule has 1 aliphatic carbocycles. The summed E-state index contributed by atoms with van der Waals surface area (Å²) in [5.74, 6) is 0.832. The summed E-state index contributed by atoms with van der Waals surface area (Å²) < 4.78 is 0. The standard InChI is InChI=1S/C16H19N3O2/c1-9-7-13(9)16(21)17-12-5-3-11(4-6-12)15-10(2)8-14(20)18-19-15/h3-6,9-10,13H,7-8H2,1-2H3,(H,17,21)(H,18,20)/t9-,10?,13-/m1/s1. The Morgan fingerprint density at radius 3 is 2.52 bits per heavy atom. The summed E-state index contributed by atoms with van der Waals surface area (Å²) in [5, 5.41) is 7.06. The van der Waals surface area contributed by atoms with Gasteiger partial charge in [-0.15, -0.1) is 0 Å². The Hall–Kier alpha value is -2.17. The molecular formula is C16H19N3O2. The maximum Gasteiger partial charge on any atom is 0.240 e. The molecule has 0 radical (unpaired) electrons. The van der Waals surface area contributed by atoms with Crippen molar-refractivity contribution in [2.45, 2.75) is 26.7 Å². The molecule has 2 amide bonds. The Morgan fingerprint density at radius 1 is 1.29 bits per heavy atom. The molecule has 2 aliphatic rings. The summed E-state index contributed by atoms with van der Waals surface area (Å²) in [5.41, 5.74) is 5.17. The molecule has 0 saturated heterocycles. The largest absolute Gasteiger partial charge is 0.326 e. The smallest absolute Gasteiger partial charge is 0.240 e. The van der Waals surface area contributed by atoms with Crippen LogP contribution in [0.5, 0.6) is 0 Å². The molecule has 0 aromatic heterocycles. The Kier molecular flexibility index (Phi) is 3.49. The van der Waals surface area contributed by atoms with Gasteiger partial charge in [0.05, 0.1) is 5.71 Å². The molecule has 2 N–H and O–H groups in total. The molecule has 110 valence electrons. The summed E-state index contributed by atoms with van der Waals surface area (Å²) in [7, 11) is 0. The second-order valence-corrected chi connectivity index (χ2v) is 6.02. The number of anilines is 1. The van der Waals surface area contributed by atoms with Crippen LogP contribution in [0.2, 0.25) is 0 Å². The number of hydrazone groups is 1. The van der Waals surface area contributed by atoms with E-state index < -0.39 is 0 Å². The van der Waals surface area contributed by atoms with Crippen LogP contribution in [-0.2, 0) is 9.59 Å². The first kappa shape index (κ1) is 13.8. The van der Waals surface area contributed by atoms with E-state index in [-0.39, 0.29) is 23.7 Å². The van der Waals surface area contributed by atoms with E-state index in [4.69, 9.17) is 0 Å². The molecule has 3 rings (SSSR count). The van der Waals surface area contributed by atoms with Crippen LogP contribution in [0.25, 0.3) is 0 Å². The van der Waals surface area contributed by atoms with E-state index in [1.807, 2.05) is 31.2 Å². The van der Waals surface area contributed by atoms with Crippen LogP contribution in [0.15, 0.2) is 29.4 Å². The van der Waals surface area contributed by atoms with Crippen molar-refractivity contribution in [2.24, 2.45) is 22.9 Å². The molecule has 5 nitrogen and oxygen atoms in total. The summed E-state index contributed by atoms with van der Waals surface area (Å²) >= 11 is 0.